The highest BCUT2D eigenvalue weighted by molar-refractivity contribution is 5.95. The van der Waals surface area contributed by atoms with Crippen molar-refractivity contribution in [1.82, 2.24) is 9.55 Å². The lowest BCUT2D eigenvalue weighted by atomic mass is 10.2. The molecule has 26 heavy (non-hydrogen) atoms. The largest absolute Gasteiger partial charge is 0.487 e. The maximum absolute atomic E-state index is 12.0. The Morgan fingerprint density at radius 1 is 1.19 bits per heavy atom. The fraction of sp³-hybridized carbons (Fsp3) is 0.238. The molecule has 1 N–H and O–H groups in total. The van der Waals surface area contributed by atoms with Gasteiger partial charge in [-0.1, -0.05) is 24.3 Å². The van der Waals surface area contributed by atoms with E-state index in [0.717, 1.165) is 35.6 Å². The first kappa shape index (κ1) is 16.4. The van der Waals surface area contributed by atoms with Crippen LogP contribution in [0.1, 0.15) is 24.2 Å². The van der Waals surface area contributed by atoms with Crippen molar-refractivity contribution in [3.63, 3.8) is 0 Å². The summed E-state index contributed by atoms with van der Waals surface area (Å²) in [6, 6.07) is 15.7. The third-order valence-corrected chi connectivity index (χ3v) is 4.53. The highest BCUT2D eigenvalue weighted by Gasteiger charge is 2.30. The Bertz CT molecular complexity index is 911. The van der Waals surface area contributed by atoms with E-state index >= 15 is 0 Å². The Morgan fingerprint density at radius 3 is 2.65 bits per heavy atom. The maximum Gasteiger partial charge on any atom is 0.227 e. The molecule has 0 unspecified atom stereocenters. The lowest BCUT2D eigenvalue weighted by Gasteiger charge is -2.13. The summed E-state index contributed by atoms with van der Waals surface area (Å²) in [7, 11) is 0. The molecule has 0 atom stereocenters. The molecular weight excluding hydrogens is 326 g/mol. The summed E-state index contributed by atoms with van der Waals surface area (Å²) in [5, 5.41) is 2.97. The van der Waals surface area contributed by atoms with Crippen LogP contribution in [-0.2, 0) is 11.4 Å². The fourth-order valence-electron chi connectivity index (χ4n) is 2.84. The van der Waals surface area contributed by atoms with Crippen LogP contribution in [0.2, 0.25) is 0 Å². The molecular formula is C21H21N3O2. The molecule has 1 fully saturated rings. The van der Waals surface area contributed by atoms with Gasteiger partial charge in [0.25, 0.3) is 0 Å². The van der Waals surface area contributed by atoms with Crippen molar-refractivity contribution in [2.24, 2.45) is 5.92 Å². The molecule has 0 spiro atoms. The Balaban J connectivity index is 1.42. The van der Waals surface area contributed by atoms with Gasteiger partial charge in [-0.25, -0.2) is 4.98 Å². The van der Waals surface area contributed by atoms with Crippen molar-refractivity contribution >= 4 is 11.6 Å². The number of aryl methyl sites for hydroxylation is 1. The zero-order valence-corrected chi connectivity index (χ0v) is 14.7. The van der Waals surface area contributed by atoms with Crippen LogP contribution in [0.25, 0.3) is 5.69 Å². The van der Waals surface area contributed by atoms with Crippen LogP contribution >= 0.6 is 0 Å². The lowest BCUT2D eigenvalue weighted by molar-refractivity contribution is -0.117. The van der Waals surface area contributed by atoms with Gasteiger partial charge in [-0.3, -0.25) is 4.79 Å². The van der Waals surface area contributed by atoms with Crippen LogP contribution in [0.15, 0.2) is 60.9 Å². The normalized spacial score (nSPS) is 13.4. The summed E-state index contributed by atoms with van der Waals surface area (Å²) >= 11 is 0. The van der Waals surface area contributed by atoms with Crippen molar-refractivity contribution < 1.29 is 9.53 Å². The number of rotatable bonds is 6. The number of imidazole rings is 1. The molecule has 132 valence electrons. The summed E-state index contributed by atoms with van der Waals surface area (Å²) in [4.78, 5) is 16.2. The number of anilines is 1. The van der Waals surface area contributed by atoms with E-state index in [2.05, 4.69) is 10.3 Å². The van der Waals surface area contributed by atoms with Crippen LogP contribution in [0, 0.1) is 12.8 Å². The molecule has 0 saturated heterocycles. The van der Waals surface area contributed by atoms with Gasteiger partial charge in [0.15, 0.2) is 0 Å². The Kier molecular flexibility index (Phi) is 4.44. The molecule has 1 aliphatic rings. The third kappa shape index (κ3) is 3.61. The molecule has 0 aliphatic heterocycles. The van der Waals surface area contributed by atoms with Gasteiger partial charge < -0.3 is 14.6 Å². The van der Waals surface area contributed by atoms with E-state index < -0.39 is 0 Å². The van der Waals surface area contributed by atoms with Gasteiger partial charge in [0.2, 0.25) is 5.91 Å². The zero-order chi connectivity index (χ0) is 17.9. The molecule has 2 aromatic carbocycles. The molecule has 1 aliphatic carbocycles. The van der Waals surface area contributed by atoms with E-state index in [1.807, 2.05) is 66.2 Å². The number of carbonyl (C=O) groups excluding carboxylic acids is 1. The minimum atomic E-state index is 0.0844. The van der Waals surface area contributed by atoms with Crippen LogP contribution in [-0.4, -0.2) is 15.5 Å². The second kappa shape index (κ2) is 7.04. The summed E-state index contributed by atoms with van der Waals surface area (Å²) in [5.41, 5.74) is 2.87. The fourth-order valence-corrected chi connectivity index (χ4v) is 2.84. The summed E-state index contributed by atoms with van der Waals surface area (Å²) in [6.45, 7) is 2.42. The van der Waals surface area contributed by atoms with E-state index in [-0.39, 0.29) is 11.8 Å². The number of hydrogen-bond acceptors (Lipinski definition) is 3. The van der Waals surface area contributed by atoms with E-state index in [4.69, 9.17) is 4.74 Å². The Morgan fingerprint density at radius 2 is 1.96 bits per heavy atom. The molecule has 3 aromatic rings. The highest BCUT2D eigenvalue weighted by Crippen LogP contribution is 2.32. The third-order valence-electron chi connectivity index (χ3n) is 4.53. The average molecular weight is 347 g/mol. The summed E-state index contributed by atoms with van der Waals surface area (Å²) in [5.74, 6) is 1.90. The molecule has 1 aromatic heterocycles. The molecule has 5 heteroatoms. The molecule has 1 saturated carbocycles. The van der Waals surface area contributed by atoms with Gasteiger partial charge in [-0.05, 0) is 49.6 Å². The van der Waals surface area contributed by atoms with Crippen LogP contribution in [0.3, 0.4) is 0 Å². The van der Waals surface area contributed by atoms with Crippen LogP contribution < -0.4 is 10.1 Å². The molecule has 5 nitrogen and oxygen atoms in total. The monoisotopic (exact) mass is 347 g/mol. The second-order valence-electron chi connectivity index (χ2n) is 6.56. The SMILES string of the molecule is Cc1nccn1-c1ccc(COc2ccccc2NC(=O)C2CC2)cc1. The van der Waals surface area contributed by atoms with Crippen molar-refractivity contribution in [1.29, 1.82) is 0 Å². The number of carbonyl (C=O) groups is 1. The number of ether oxygens (including phenoxy) is 1. The van der Waals surface area contributed by atoms with E-state index in [1.54, 1.807) is 6.20 Å². The van der Waals surface area contributed by atoms with Crippen molar-refractivity contribution in [2.45, 2.75) is 26.4 Å². The molecule has 1 amide bonds. The van der Waals surface area contributed by atoms with Gasteiger partial charge in [0.05, 0.1) is 5.69 Å². The lowest BCUT2D eigenvalue weighted by Crippen LogP contribution is -2.14. The minimum absolute atomic E-state index is 0.0844. The number of hydrogen-bond donors (Lipinski definition) is 1. The standard InChI is InChI=1S/C21H21N3O2/c1-15-22-12-13-24(15)18-10-6-16(7-11-18)14-26-20-5-3-2-4-19(20)23-21(25)17-8-9-17/h2-7,10-13,17H,8-9,14H2,1H3,(H,23,25). The van der Waals surface area contributed by atoms with E-state index in [1.165, 1.54) is 0 Å². The number of benzene rings is 2. The van der Waals surface area contributed by atoms with E-state index in [0.29, 0.717) is 12.4 Å². The van der Waals surface area contributed by atoms with Gasteiger partial charge in [0.1, 0.15) is 18.2 Å². The second-order valence-corrected chi connectivity index (χ2v) is 6.56. The van der Waals surface area contributed by atoms with Gasteiger partial charge in [-0.15, -0.1) is 0 Å². The highest BCUT2D eigenvalue weighted by atomic mass is 16.5. The van der Waals surface area contributed by atoms with Crippen LogP contribution in [0.5, 0.6) is 5.75 Å². The Hall–Kier alpha value is -3.08. The molecule has 1 heterocycles. The zero-order valence-electron chi connectivity index (χ0n) is 14.7. The number of nitrogens with zero attached hydrogens (tertiary/aromatic N) is 2. The summed E-state index contributed by atoms with van der Waals surface area (Å²) < 4.78 is 7.98. The topological polar surface area (TPSA) is 56.1 Å². The number of nitrogens with one attached hydrogen (secondary N) is 1. The first-order chi connectivity index (χ1) is 12.7. The number of para-hydroxylation sites is 2. The first-order valence-corrected chi connectivity index (χ1v) is 8.82. The predicted molar refractivity (Wildman–Crippen MR) is 100 cm³/mol. The first-order valence-electron chi connectivity index (χ1n) is 8.82. The number of amides is 1. The minimum Gasteiger partial charge on any atom is -0.487 e. The molecule has 0 radical (unpaired) electrons. The smallest absolute Gasteiger partial charge is 0.227 e. The van der Waals surface area contributed by atoms with Gasteiger partial charge in [0, 0.05) is 24.0 Å². The summed E-state index contributed by atoms with van der Waals surface area (Å²) in [6.07, 6.45) is 5.70. The van der Waals surface area contributed by atoms with Crippen LogP contribution in [0.4, 0.5) is 5.69 Å². The Labute approximate surface area is 152 Å². The molecule has 4 rings (SSSR count). The quantitative estimate of drug-likeness (QED) is 0.730. The van der Waals surface area contributed by atoms with Gasteiger partial charge >= 0.3 is 0 Å². The van der Waals surface area contributed by atoms with E-state index in [9.17, 15) is 4.79 Å². The van der Waals surface area contributed by atoms with Crippen molar-refractivity contribution in [2.75, 3.05) is 5.32 Å². The molecule has 0 bridgehead atoms. The van der Waals surface area contributed by atoms with Crippen molar-refractivity contribution in [3.8, 4) is 11.4 Å². The average Bonchev–Trinajstić information content (AvgIpc) is 3.43. The predicted octanol–water partition coefficient (Wildman–Crippen LogP) is 4.11. The van der Waals surface area contributed by atoms with Crippen molar-refractivity contribution in [3.05, 3.63) is 72.3 Å². The number of aromatic nitrogens is 2. The maximum atomic E-state index is 12.0. The van der Waals surface area contributed by atoms with Gasteiger partial charge in [-0.2, -0.15) is 0 Å².